The van der Waals surface area contributed by atoms with Gasteiger partial charge in [-0.15, -0.1) is 0 Å². The van der Waals surface area contributed by atoms with Crippen LogP contribution in [-0.4, -0.2) is 27.7 Å². The number of carboxylic acid groups (broad SMARTS) is 1. The molecule has 0 spiro atoms. The van der Waals surface area contributed by atoms with Gasteiger partial charge in [0.05, 0.1) is 37.6 Å². The van der Waals surface area contributed by atoms with E-state index >= 15 is 0 Å². The van der Waals surface area contributed by atoms with E-state index in [2.05, 4.69) is 11.1 Å². The van der Waals surface area contributed by atoms with Gasteiger partial charge < -0.3 is 14.3 Å². The summed E-state index contributed by atoms with van der Waals surface area (Å²) in [6, 6.07) is 8.00. The maximum atomic E-state index is 13.4. The molecule has 0 fully saturated rings. The number of benzene rings is 1. The minimum atomic E-state index is -1.74. The molecule has 1 atom stereocenters. The number of pyridine rings is 1. The van der Waals surface area contributed by atoms with Crippen LogP contribution >= 0.6 is 11.6 Å². The van der Waals surface area contributed by atoms with Crippen LogP contribution in [0, 0.1) is 16.7 Å². The third kappa shape index (κ3) is 3.87. The van der Waals surface area contributed by atoms with E-state index in [9.17, 15) is 20.0 Å². The van der Waals surface area contributed by atoms with E-state index < -0.39 is 22.5 Å². The molecule has 32 heavy (non-hydrogen) atoms. The number of carbonyl (C=O) groups is 1. The quantitative estimate of drug-likeness (QED) is 0.594. The van der Waals surface area contributed by atoms with Crippen LogP contribution in [-0.2, 0) is 16.8 Å². The Bertz CT molecular complexity index is 1250. The Labute approximate surface area is 189 Å². The van der Waals surface area contributed by atoms with Crippen LogP contribution in [0.4, 0.5) is 0 Å². The predicted octanol–water partition coefficient (Wildman–Crippen LogP) is 4.11. The van der Waals surface area contributed by atoms with E-state index in [0.717, 1.165) is 4.57 Å². The van der Waals surface area contributed by atoms with Gasteiger partial charge in [-0.25, -0.2) is 9.78 Å². The summed E-state index contributed by atoms with van der Waals surface area (Å²) in [6.07, 6.45) is 3.95. The number of rotatable bonds is 6. The fraction of sp³-hybridized carbons (Fsp3) is 0.304. The van der Waals surface area contributed by atoms with Gasteiger partial charge in [0.15, 0.2) is 11.4 Å². The van der Waals surface area contributed by atoms with E-state index in [1.807, 2.05) is 0 Å². The summed E-state index contributed by atoms with van der Waals surface area (Å²) in [5, 5.41) is 20.3. The zero-order valence-electron chi connectivity index (χ0n) is 18.0. The first-order valence-electron chi connectivity index (χ1n) is 9.68. The third-order valence-corrected chi connectivity index (χ3v) is 5.76. The number of halogens is 1. The first-order chi connectivity index (χ1) is 15.0. The molecule has 8 nitrogen and oxygen atoms in total. The molecule has 0 saturated heterocycles. The number of hydrogen-bond acceptors (Lipinski definition) is 6. The van der Waals surface area contributed by atoms with E-state index in [1.165, 1.54) is 31.8 Å². The number of aliphatic carboxylic acids is 1. The summed E-state index contributed by atoms with van der Waals surface area (Å²) in [6.45, 7) is 5.17. The fourth-order valence-corrected chi connectivity index (χ4v) is 3.97. The van der Waals surface area contributed by atoms with E-state index in [0.29, 0.717) is 21.7 Å². The van der Waals surface area contributed by atoms with Crippen LogP contribution in [0.1, 0.15) is 32.2 Å². The second kappa shape index (κ2) is 8.52. The van der Waals surface area contributed by atoms with Gasteiger partial charge in [0.25, 0.3) is 5.56 Å². The van der Waals surface area contributed by atoms with Gasteiger partial charge in [-0.05, 0) is 23.6 Å². The highest BCUT2D eigenvalue weighted by atomic mass is 35.5. The zero-order valence-corrected chi connectivity index (χ0v) is 18.8. The molecule has 0 aliphatic heterocycles. The SMILES string of the molecule is COc1cn(C(Cc2ncco2)(C(=O)O)C(C)(C)C)c(=O)cc1-c1cc(Cl)ccc1C#N. The van der Waals surface area contributed by atoms with Crippen molar-refractivity contribution in [3.05, 3.63) is 69.8 Å². The summed E-state index contributed by atoms with van der Waals surface area (Å²) in [5.74, 6) is -0.829. The van der Waals surface area contributed by atoms with E-state index in [-0.39, 0.29) is 18.1 Å². The monoisotopic (exact) mass is 455 g/mol. The molecule has 2 aromatic heterocycles. The predicted molar refractivity (Wildman–Crippen MR) is 118 cm³/mol. The summed E-state index contributed by atoms with van der Waals surface area (Å²) in [4.78, 5) is 30.2. The topological polar surface area (TPSA) is 118 Å². The minimum Gasteiger partial charge on any atom is -0.495 e. The van der Waals surface area contributed by atoms with Crippen LogP contribution in [0.3, 0.4) is 0 Å². The average Bonchev–Trinajstić information content (AvgIpc) is 3.24. The van der Waals surface area contributed by atoms with Crippen LogP contribution in [0.15, 0.2) is 52.1 Å². The van der Waals surface area contributed by atoms with Crippen LogP contribution < -0.4 is 10.3 Å². The molecule has 0 aliphatic rings. The molecular formula is C23H22ClN3O5. The van der Waals surface area contributed by atoms with Gasteiger partial charge in [-0.1, -0.05) is 32.4 Å². The van der Waals surface area contributed by atoms with Crippen molar-refractivity contribution in [2.45, 2.75) is 32.7 Å². The summed E-state index contributed by atoms with van der Waals surface area (Å²) < 4.78 is 12.0. The Balaban J connectivity index is 2.34. The molecule has 0 bridgehead atoms. The highest BCUT2D eigenvalue weighted by Crippen LogP contribution is 2.41. The van der Waals surface area contributed by atoms with Gasteiger partial charge in [0.2, 0.25) is 0 Å². The number of nitrogens with zero attached hydrogens (tertiary/aromatic N) is 3. The van der Waals surface area contributed by atoms with Gasteiger partial charge in [-0.3, -0.25) is 9.36 Å². The molecule has 0 saturated carbocycles. The van der Waals surface area contributed by atoms with E-state index in [1.54, 1.807) is 39.0 Å². The second-order valence-electron chi connectivity index (χ2n) is 8.28. The van der Waals surface area contributed by atoms with Crippen LogP contribution in [0.5, 0.6) is 5.75 Å². The van der Waals surface area contributed by atoms with Gasteiger partial charge in [0.1, 0.15) is 12.0 Å². The number of hydrogen-bond donors (Lipinski definition) is 1. The maximum Gasteiger partial charge on any atom is 0.331 e. The smallest absolute Gasteiger partial charge is 0.331 e. The van der Waals surface area contributed by atoms with E-state index in [4.69, 9.17) is 20.8 Å². The first-order valence-corrected chi connectivity index (χ1v) is 10.1. The Morgan fingerprint density at radius 1 is 1.31 bits per heavy atom. The largest absolute Gasteiger partial charge is 0.495 e. The number of methoxy groups -OCH3 is 1. The van der Waals surface area contributed by atoms with Crippen molar-refractivity contribution in [1.82, 2.24) is 9.55 Å². The Hall–Kier alpha value is -3.57. The third-order valence-electron chi connectivity index (χ3n) is 5.53. The highest BCUT2D eigenvalue weighted by molar-refractivity contribution is 6.31. The molecule has 166 valence electrons. The Morgan fingerprint density at radius 3 is 2.56 bits per heavy atom. The second-order valence-corrected chi connectivity index (χ2v) is 8.72. The van der Waals surface area contributed by atoms with Crippen molar-refractivity contribution in [2.24, 2.45) is 5.41 Å². The Kier molecular flexibility index (Phi) is 6.15. The molecule has 2 heterocycles. The lowest BCUT2D eigenvalue weighted by Crippen LogP contribution is -2.57. The number of carboxylic acids is 1. The molecular weight excluding hydrogens is 434 g/mol. The standard InChI is InChI=1S/C23H22ClN3O5/c1-22(2,3)23(21(29)30,11-19-26-7-8-32-19)27-13-18(31-4)17(10-20(27)28)16-9-15(24)6-5-14(16)12-25/h5-10,13H,11H2,1-4H3,(H,29,30). The molecule has 0 aliphatic carbocycles. The lowest BCUT2D eigenvalue weighted by atomic mass is 9.70. The first kappa shape index (κ1) is 23.1. The maximum absolute atomic E-state index is 13.4. The van der Waals surface area contributed by atoms with Crippen molar-refractivity contribution >= 4 is 17.6 Å². The van der Waals surface area contributed by atoms with Crippen molar-refractivity contribution < 1.29 is 19.1 Å². The van der Waals surface area contributed by atoms with Crippen LogP contribution in [0.25, 0.3) is 11.1 Å². The molecule has 0 amide bonds. The highest BCUT2D eigenvalue weighted by Gasteiger charge is 2.52. The van der Waals surface area contributed by atoms with Crippen molar-refractivity contribution in [3.8, 4) is 22.9 Å². The molecule has 1 N–H and O–H groups in total. The minimum absolute atomic E-state index is 0.165. The Morgan fingerprint density at radius 2 is 2.03 bits per heavy atom. The van der Waals surface area contributed by atoms with Gasteiger partial charge in [0, 0.05) is 22.2 Å². The van der Waals surface area contributed by atoms with Gasteiger partial charge in [-0.2, -0.15) is 5.26 Å². The molecule has 1 aromatic carbocycles. The number of ether oxygens (including phenoxy) is 1. The number of nitriles is 1. The normalized spacial score (nSPS) is 13.2. The average molecular weight is 456 g/mol. The lowest BCUT2D eigenvalue weighted by molar-refractivity contribution is -0.155. The molecule has 3 aromatic rings. The summed E-state index contributed by atoms with van der Waals surface area (Å²) >= 11 is 6.12. The molecule has 3 rings (SSSR count). The van der Waals surface area contributed by atoms with Crippen molar-refractivity contribution in [3.63, 3.8) is 0 Å². The zero-order chi connectivity index (χ0) is 23.7. The van der Waals surface area contributed by atoms with Gasteiger partial charge >= 0.3 is 5.97 Å². The lowest BCUT2D eigenvalue weighted by Gasteiger charge is -2.42. The van der Waals surface area contributed by atoms with Crippen LogP contribution in [0.2, 0.25) is 5.02 Å². The molecule has 1 unspecified atom stereocenters. The van der Waals surface area contributed by atoms with Crippen molar-refractivity contribution in [2.75, 3.05) is 7.11 Å². The summed E-state index contributed by atoms with van der Waals surface area (Å²) in [5.41, 5.74) is -2.23. The number of aromatic nitrogens is 2. The molecule has 9 heteroatoms. The van der Waals surface area contributed by atoms with Crippen molar-refractivity contribution in [1.29, 1.82) is 5.26 Å². The number of oxazole rings is 1. The summed E-state index contributed by atoms with van der Waals surface area (Å²) in [7, 11) is 1.40. The molecule has 0 radical (unpaired) electrons. The fourth-order valence-electron chi connectivity index (χ4n) is 3.79.